The van der Waals surface area contributed by atoms with Crippen LogP contribution in [-0.4, -0.2) is 24.2 Å². The number of thiophene rings is 1. The van der Waals surface area contributed by atoms with Gasteiger partial charge in [-0.1, -0.05) is 51.1 Å². The first-order chi connectivity index (χ1) is 12.8. The molecule has 2 aromatic carbocycles. The largest absolute Gasteiger partial charge is 0.484 e. The van der Waals surface area contributed by atoms with Crippen LogP contribution in [0.2, 0.25) is 0 Å². The molecule has 1 unspecified atom stereocenters. The van der Waals surface area contributed by atoms with Crippen LogP contribution >= 0.6 is 11.3 Å². The summed E-state index contributed by atoms with van der Waals surface area (Å²) in [5.74, 6) is 0.399. The summed E-state index contributed by atoms with van der Waals surface area (Å²) in [5, 5.41) is 16.1. The van der Waals surface area contributed by atoms with E-state index < -0.39 is 6.10 Å². The van der Waals surface area contributed by atoms with Crippen LogP contribution in [0.4, 0.5) is 0 Å². The van der Waals surface area contributed by atoms with Crippen LogP contribution in [0.25, 0.3) is 10.1 Å². The number of aliphatic hydroxyl groups is 1. The van der Waals surface area contributed by atoms with Gasteiger partial charge >= 0.3 is 0 Å². The van der Waals surface area contributed by atoms with Crippen LogP contribution in [0.5, 0.6) is 5.75 Å². The zero-order valence-corrected chi connectivity index (χ0v) is 16.7. The summed E-state index contributed by atoms with van der Waals surface area (Å²) in [5.41, 5.74) is 2.14. The standard InChI is InChI=1S/C22H25NO3S/c1-22(2,3)15-8-10-16(11-9-15)26-13-21(25)23-12-19(24)18-14-27-20-7-5-4-6-17(18)20/h4-11,14,19,24H,12-13H2,1-3H3,(H,23,25). The first-order valence-electron chi connectivity index (χ1n) is 8.99. The van der Waals surface area contributed by atoms with E-state index in [4.69, 9.17) is 4.74 Å². The third-order valence-electron chi connectivity index (χ3n) is 4.45. The zero-order valence-electron chi connectivity index (χ0n) is 15.9. The van der Waals surface area contributed by atoms with E-state index in [1.54, 1.807) is 11.3 Å². The van der Waals surface area contributed by atoms with Crippen molar-refractivity contribution in [1.29, 1.82) is 0 Å². The molecule has 3 aromatic rings. The van der Waals surface area contributed by atoms with E-state index >= 15 is 0 Å². The van der Waals surface area contributed by atoms with Crippen LogP contribution in [0.3, 0.4) is 0 Å². The number of aliphatic hydroxyl groups excluding tert-OH is 1. The van der Waals surface area contributed by atoms with Gasteiger partial charge in [-0.3, -0.25) is 4.79 Å². The number of hydrogen-bond acceptors (Lipinski definition) is 4. The highest BCUT2D eigenvalue weighted by Gasteiger charge is 2.15. The molecular formula is C22H25NO3S. The summed E-state index contributed by atoms with van der Waals surface area (Å²) in [6.45, 7) is 6.53. The second-order valence-electron chi connectivity index (χ2n) is 7.57. The molecule has 27 heavy (non-hydrogen) atoms. The second kappa shape index (κ2) is 8.11. The lowest BCUT2D eigenvalue weighted by atomic mass is 9.87. The molecule has 0 aliphatic heterocycles. The van der Waals surface area contributed by atoms with E-state index in [2.05, 4.69) is 26.1 Å². The highest BCUT2D eigenvalue weighted by atomic mass is 32.1. The molecule has 1 atom stereocenters. The van der Waals surface area contributed by atoms with Crippen molar-refractivity contribution in [3.05, 3.63) is 65.0 Å². The first-order valence-corrected chi connectivity index (χ1v) is 9.87. The molecule has 0 aliphatic carbocycles. The van der Waals surface area contributed by atoms with E-state index in [1.807, 2.05) is 53.9 Å². The summed E-state index contributed by atoms with van der Waals surface area (Å²) >= 11 is 1.59. The molecule has 2 N–H and O–H groups in total. The van der Waals surface area contributed by atoms with Crippen LogP contribution in [0.15, 0.2) is 53.9 Å². The third kappa shape index (κ3) is 4.87. The van der Waals surface area contributed by atoms with E-state index in [0.717, 1.165) is 15.6 Å². The van der Waals surface area contributed by atoms with Gasteiger partial charge in [-0.25, -0.2) is 0 Å². The van der Waals surface area contributed by atoms with Crippen molar-refractivity contribution < 1.29 is 14.6 Å². The van der Waals surface area contributed by atoms with Gasteiger partial charge in [0.1, 0.15) is 5.75 Å². The Balaban J connectivity index is 1.49. The van der Waals surface area contributed by atoms with Crippen LogP contribution in [-0.2, 0) is 10.2 Å². The van der Waals surface area contributed by atoms with Gasteiger partial charge in [-0.05, 0) is 39.9 Å². The van der Waals surface area contributed by atoms with Crippen molar-refractivity contribution in [3.63, 3.8) is 0 Å². The fraction of sp³-hybridized carbons (Fsp3) is 0.318. The van der Waals surface area contributed by atoms with Crippen LogP contribution in [0.1, 0.15) is 38.0 Å². The lowest BCUT2D eigenvalue weighted by Gasteiger charge is -2.19. The Morgan fingerprint density at radius 2 is 1.85 bits per heavy atom. The molecule has 1 amide bonds. The van der Waals surface area contributed by atoms with Crippen molar-refractivity contribution in [2.75, 3.05) is 13.2 Å². The molecule has 3 rings (SSSR count). The van der Waals surface area contributed by atoms with Crippen molar-refractivity contribution in [3.8, 4) is 5.75 Å². The highest BCUT2D eigenvalue weighted by molar-refractivity contribution is 7.17. The first kappa shape index (κ1) is 19.4. The van der Waals surface area contributed by atoms with Crippen molar-refractivity contribution in [2.24, 2.45) is 0 Å². The van der Waals surface area contributed by atoms with Gasteiger partial charge in [0, 0.05) is 16.8 Å². The summed E-state index contributed by atoms with van der Waals surface area (Å²) in [6, 6.07) is 15.7. The van der Waals surface area contributed by atoms with Crippen molar-refractivity contribution in [1.82, 2.24) is 5.32 Å². The minimum Gasteiger partial charge on any atom is -0.484 e. The van der Waals surface area contributed by atoms with Crippen LogP contribution in [0, 0.1) is 0 Å². The summed E-state index contributed by atoms with van der Waals surface area (Å²) in [4.78, 5) is 12.0. The van der Waals surface area contributed by atoms with Gasteiger partial charge in [-0.15, -0.1) is 11.3 Å². The normalized spacial score (nSPS) is 12.7. The van der Waals surface area contributed by atoms with E-state index in [1.165, 1.54) is 5.56 Å². The number of amides is 1. The van der Waals surface area contributed by atoms with Gasteiger partial charge < -0.3 is 15.2 Å². The molecule has 0 bridgehead atoms. The lowest BCUT2D eigenvalue weighted by Crippen LogP contribution is -2.32. The third-order valence-corrected chi connectivity index (χ3v) is 5.43. The molecular weight excluding hydrogens is 358 g/mol. The highest BCUT2D eigenvalue weighted by Crippen LogP contribution is 2.30. The van der Waals surface area contributed by atoms with E-state index in [0.29, 0.717) is 5.75 Å². The SMILES string of the molecule is CC(C)(C)c1ccc(OCC(=O)NCC(O)c2csc3ccccc23)cc1. The van der Waals surface area contributed by atoms with Gasteiger partial charge in [0.2, 0.25) is 0 Å². The Hall–Kier alpha value is -2.37. The van der Waals surface area contributed by atoms with Crippen LogP contribution < -0.4 is 10.1 Å². The van der Waals surface area contributed by atoms with Gasteiger partial charge in [0.25, 0.3) is 5.91 Å². The Bertz CT molecular complexity index is 909. The zero-order chi connectivity index (χ0) is 19.4. The lowest BCUT2D eigenvalue weighted by molar-refractivity contribution is -0.123. The topological polar surface area (TPSA) is 58.6 Å². The minimum absolute atomic E-state index is 0.0774. The fourth-order valence-electron chi connectivity index (χ4n) is 2.83. The molecule has 0 spiro atoms. The fourth-order valence-corrected chi connectivity index (χ4v) is 3.84. The maximum atomic E-state index is 12.0. The molecule has 0 saturated heterocycles. The molecule has 0 saturated carbocycles. The number of ether oxygens (including phenoxy) is 1. The van der Waals surface area contributed by atoms with Crippen molar-refractivity contribution >= 4 is 27.3 Å². The molecule has 142 valence electrons. The number of benzene rings is 2. The maximum Gasteiger partial charge on any atom is 0.258 e. The Morgan fingerprint density at radius 3 is 2.56 bits per heavy atom. The van der Waals surface area contributed by atoms with Gasteiger partial charge in [0.15, 0.2) is 6.61 Å². The molecule has 1 aromatic heterocycles. The number of carbonyl (C=O) groups is 1. The smallest absolute Gasteiger partial charge is 0.258 e. The van der Waals surface area contributed by atoms with Crippen molar-refractivity contribution in [2.45, 2.75) is 32.3 Å². The monoisotopic (exact) mass is 383 g/mol. The Kier molecular flexibility index (Phi) is 5.82. The van der Waals surface area contributed by atoms with Gasteiger partial charge in [-0.2, -0.15) is 0 Å². The number of nitrogens with one attached hydrogen (secondary N) is 1. The molecule has 0 aliphatic rings. The average molecular weight is 384 g/mol. The number of carbonyl (C=O) groups excluding carboxylic acids is 1. The summed E-state index contributed by atoms with van der Waals surface area (Å²) in [6.07, 6.45) is -0.740. The molecule has 4 nitrogen and oxygen atoms in total. The molecule has 0 fully saturated rings. The Labute approximate surface area is 163 Å². The van der Waals surface area contributed by atoms with Gasteiger partial charge in [0.05, 0.1) is 6.10 Å². The molecule has 5 heteroatoms. The average Bonchev–Trinajstić information content (AvgIpc) is 3.08. The quantitative estimate of drug-likeness (QED) is 0.662. The minimum atomic E-state index is -0.740. The molecule has 1 heterocycles. The summed E-state index contributed by atoms with van der Waals surface area (Å²) < 4.78 is 6.66. The Morgan fingerprint density at radius 1 is 1.15 bits per heavy atom. The predicted molar refractivity (Wildman–Crippen MR) is 110 cm³/mol. The maximum absolute atomic E-state index is 12.0. The second-order valence-corrected chi connectivity index (χ2v) is 8.48. The number of fused-ring (bicyclic) bond motifs is 1. The number of hydrogen-bond donors (Lipinski definition) is 2. The number of rotatable bonds is 6. The summed E-state index contributed by atoms with van der Waals surface area (Å²) in [7, 11) is 0. The van der Waals surface area contributed by atoms with E-state index in [-0.39, 0.29) is 24.5 Å². The predicted octanol–water partition coefficient (Wildman–Crippen LogP) is 4.43. The van der Waals surface area contributed by atoms with E-state index in [9.17, 15) is 9.90 Å². The molecule has 0 radical (unpaired) electrons.